The number of hydrogen-bond donors (Lipinski definition) is 2. The quantitative estimate of drug-likeness (QED) is 0.563. The molecule has 0 fully saturated rings. The molecule has 0 aromatic rings. The third kappa shape index (κ3) is 9.40. The van der Waals surface area contributed by atoms with E-state index in [1.165, 1.54) is 14.0 Å². The van der Waals surface area contributed by atoms with Gasteiger partial charge in [0.15, 0.2) is 6.29 Å². The number of ketones is 1. The SMILES string of the molecule is CCC(CO)OC(COC(=O)NCCC(C)=O)OC. The fraction of sp³-hybridized carbons (Fsp3) is 0.833. The number of hydrogen-bond acceptors (Lipinski definition) is 6. The Morgan fingerprint density at radius 1 is 1.37 bits per heavy atom. The molecule has 7 heteroatoms. The Bertz CT molecular complexity index is 267. The second kappa shape index (κ2) is 10.7. The Labute approximate surface area is 113 Å². The van der Waals surface area contributed by atoms with Gasteiger partial charge in [0, 0.05) is 20.1 Å². The Kier molecular flexibility index (Phi) is 10.1. The molecule has 7 nitrogen and oxygen atoms in total. The van der Waals surface area contributed by atoms with Crippen molar-refractivity contribution in [3.05, 3.63) is 0 Å². The number of ether oxygens (including phenoxy) is 3. The van der Waals surface area contributed by atoms with Gasteiger partial charge in [0.05, 0.1) is 12.7 Å². The van der Waals surface area contributed by atoms with Crippen molar-refractivity contribution in [1.82, 2.24) is 5.32 Å². The van der Waals surface area contributed by atoms with Crippen molar-refractivity contribution in [2.45, 2.75) is 39.1 Å². The lowest BCUT2D eigenvalue weighted by Crippen LogP contribution is -2.33. The number of alkyl carbamates (subject to hydrolysis) is 1. The van der Waals surface area contributed by atoms with Gasteiger partial charge in [0.25, 0.3) is 0 Å². The largest absolute Gasteiger partial charge is 0.444 e. The first-order valence-corrected chi connectivity index (χ1v) is 6.22. The predicted molar refractivity (Wildman–Crippen MR) is 67.7 cm³/mol. The van der Waals surface area contributed by atoms with Gasteiger partial charge in [-0.1, -0.05) is 6.92 Å². The summed E-state index contributed by atoms with van der Waals surface area (Å²) in [4.78, 5) is 21.9. The van der Waals surface area contributed by atoms with Crippen LogP contribution in [0.25, 0.3) is 0 Å². The Morgan fingerprint density at radius 3 is 2.53 bits per heavy atom. The average Bonchev–Trinajstić information content (AvgIpc) is 2.38. The van der Waals surface area contributed by atoms with Crippen molar-refractivity contribution in [2.24, 2.45) is 0 Å². The average molecular weight is 277 g/mol. The summed E-state index contributed by atoms with van der Waals surface area (Å²) < 4.78 is 15.2. The van der Waals surface area contributed by atoms with Crippen LogP contribution in [0.4, 0.5) is 4.79 Å². The minimum atomic E-state index is -0.726. The third-order valence-corrected chi connectivity index (χ3v) is 2.36. The molecule has 0 spiro atoms. The van der Waals surface area contributed by atoms with E-state index in [4.69, 9.17) is 19.3 Å². The van der Waals surface area contributed by atoms with Gasteiger partial charge in [-0.2, -0.15) is 0 Å². The van der Waals surface area contributed by atoms with Crippen molar-refractivity contribution >= 4 is 11.9 Å². The number of amides is 1. The molecule has 2 atom stereocenters. The molecule has 0 aromatic carbocycles. The highest BCUT2D eigenvalue weighted by molar-refractivity contribution is 5.76. The van der Waals surface area contributed by atoms with Gasteiger partial charge in [0.1, 0.15) is 12.4 Å². The zero-order valence-electron chi connectivity index (χ0n) is 11.7. The summed E-state index contributed by atoms with van der Waals surface area (Å²) in [7, 11) is 1.42. The van der Waals surface area contributed by atoms with Crippen LogP contribution in [0.2, 0.25) is 0 Å². The van der Waals surface area contributed by atoms with E-state index in [2.05, 4.69) is 5.32 Å². The van der Waals surface area contributed by atoms with Crippen LogP contribution in [0.3, 0.4) is 0 Å². The second-order valence-corrected chi connectivity index (χ2v) is 3.99. The second-order valence-electron chi connectivity index (χ2n) is 3.99. The van der Waals surface area contributed by atoms with E-state index in [0.29, 0.717) is 6.42 Å². The molecule has 0 radical (unpaired) electrons. The van der Waals surface area contributed by atoms with Crippen LogP contribution in [0, 0.1) is 0 Å². The van der Waals surface area contributed by atoms with E-state index < -0.39 is 12.4 Å². The fourth-order valence-corrected chi connectivity index (χ4v) is 1.18. The number of Topliss-reactive ketones (excluding diaryl/α,β-unsaturated/α-hetero) is 1. The molecule has 2 N–H and O–H groups in total. The maximum absolute atomic E-state index is 11.3. The first kappa shape index (κ1) is 17.8. The van der Waals surface area contributed by atoms with E-state index in [0.717, 1.165) is 0 Å². The minimum absolute atomic E-state index is 0.00728. The van der Waals surface area contributed by atoms with E-state index in [9.17, 15) is 9.59 Å². The normalized spacial score (nSPS) is 13.7. The van der Waals surface area contributed by atoms with E-state index in [-0.39, 0.29) is 38.1 Å². The van der Waals surface area contributed by atoms with Crippen molar-refractivity contribution in [3.63, 3.8) is 0 Å². The highest BCUT2D eigenvalue weighted by atomic mass is 16.7. The lowest BCUT2D eigenvalue weighted by molar-refractivity contribution is -0.181. The highest BCUT2D eigenvalue weighted by Gasteiger charge is 2.16. The first-order chi connectivity index (χ1) is 9.03. The molecular weight excluding hydrogens is 254 g/mol. The van der Waals surface area contributed by atoms with Crippen LogP contribution in [0.15, 0.2) is 0 Å². The Balaban J connectivity index is 3.86. The zero-order valence-corrected chi connectivity index (χ0v) is 11.7. The van der Waals surface area contributed by atoms with Gasteiger partial charge in [-0.05, 0) is 13.3 Å². The molecule has 0 saturated carbocycles. The highest BCUT2D eigenvalue weighted by Crippen LogP contribution is 2.04. The maximum atomic E-state index is 11.3. The van der Waals surface area contributed by atoms with Crippen LogP contribution in [0.5, 0.6) is 0 Å². The number of nitrogens with one attached hydrogen (secondary N) is 1. The number of aliphatic hydroxyl groups excluding tert-OH is 1. The standard InChI is InChI=1S/C12H23NO6/c1-4-10(7-14)19-11(17-3)8-18-12(16)13-6-5-9(2)15/h10-11,14H,4-8H2,1-3H3,(H,13,16). The first-order valence-electron chi connectivity index (χ1n) is 6.22. The molecule has 0 rings (SSSR count). The lowest BCUT2D eigenvalue weighted by Gasteiger charge is -2.21. The van der Waals surface area contributed by atoms with E-state index in [1.54, 1.807) is 0 Å². The molecule has 0 bridgehead atoms. The molecule has 0 aromatic heterocycles. The summed E-state index contributed by atoms with van der Waals surface area (Å²) >= 11 is 0. The molecule has 1 amide bonds. The summed E-state index contributed by atoms with van der Waals surface area (Å²) in [5.41, 5.74) is 0. The molecule has 0 aliphatic heterocycles. The van der Waals surface area contributed by atoms with E-state index >= 15 is 0 Å². The van der Waals surface area contributed by atoms with Crippen LogP contribution >= 0.6 is 0 Å². The summed E-state index contributed by atoms with van der Waals surface area (Å²) in [6.45, 7) is 3.34. The minimum Gasteiger partial charge on any atom is -0.444 e. The number of rotatable bonds is 10. The number of aliphatic hydroxyl groups is 1. The van der Waals surface area contributed by atoms with Gasteiger partial charge in [-0.25, -0.2) is 4.79 Å². The van der Waals surface area contributed by atoms with Crippen LogP contribution in [-0.4, -0.2) is 56.2 Å². The van der Waals surface area contributed by atoms with Gasteiger partial charge >= 0.3 is 6.09 Å². The van der Waals surface area contributed by atoms with Crippen molar-refractivity contribution in [3.8, 4) is 0 Å². The van der Waals surface area contributed by atoms with Crippen LogP contribution < -0.4 is 5.32 Å². The molecule has 0 heterocycles. The molecular formula is C12H23NO6. The zero-order chi connectivity index (χ0) is 14.7. The van der Waals surface area contributed by atoms with Crippen molar-refractivity contribution in [1.29, 1.82) is 0 Å². The van der Waals surface area contributed by atoms with Gasteiger partial charge < -0.3 is 24.6 Å². The van der Waals surface area contributed by atoms with Crippen LogP contribution in [0.1, 0.15) is 26.7 Å². The van der Waals surface area contributed by atoms with Gasteiger partial charge in [-0.3, -0.25) is 4.79 Å². The Morgan fingerprint density at radius 2 is 2.05 bits per heavy atom. The molecule has 112 valence electrons. The summed E-state index contributed by atoms with van der Waals surface area (Å²) in [5.74, 6) is -0.00728. The monoisotopic (exact) mass is 277 g/mol. The maximum Gasteiger partial charge on any atom is 0.407 e. The topological polar surface area (TPSA) is 94.1 Å². The molecule has 19 heavy (non-hydrogen) atoms. The lowest BCUT2D eigenvalue weighted by atomic mass is 10.3. The Hall–Kier alpha value is -1.18. The van der Waals surface area contributed by atoms with Crippen LogP contribution in [-0.2, 0) is 19.0 Å². The summed E-state index contributed by atoms with van der Waals surface area (Å²) in [6.07, 6.45) is -0.822. The molecule has 0 saturated heterocycles. The molecule has 0 aliphatic carbocycles. The van der Waals surface area contributed by atoms with Crippen molar-refractivity contribution in [2.75, 3.05) is 26.9 Å². The number of carbonyl (C=O) groups is 2. The fourth-order valence-electron chi connectivity index (χ4n) is 1.18. The van der Waals surface area contributed by atoms with Crippen molar-refractivity contribution < 1.29 is 28.9 Å². The molecule has 0 aliphatic rings. The molecule has 2 unspecified atom stereocenters. The third-order valence-electron chi connectivity index (χ3n) is 2.36. The predicted octanol–water partition coefficient (Wildman–Crippen LogP) is 0.452. The van der Waals surface area contributed by atoms with Gasteiger partial charge in [-0.15, -0.1) is 0 Å². The van der Waals surface area contributed by atoms with E-state index in [1.807, 2.05) is 6.92 Å². The van der Waals surface area contributed by atoms with Gasteiger partial charge in [0.2, 0.25) is 0 Å². The number of carbonyl (C=O) groups excluding carboxylic acids is 2. The smallest absolute Gasteiger partial charge is 0.407 e. The number of methoxy groups -OCH3 is 1. The summed E-state index contributed by atoms with van der Waals surface area (Å²) in [6, 6.07) is 0. The summed E-state index contributed by atoms with van der Waals surface area (Å²) in [5, 5.41) is 11.4.